The van der Waals surface area contributed by atoms with Crippen molar-refractivity contribution in [3.05, 3.63) is 42.6 Å². The van der Waals surface area contributed by atoms with Crippen molar-refractivity contribution in [2.45, 2.75) is 36.9 Å². The van der Waals surface area contributed by atoms with Crippen molar-refractivity contribution < 1.29 is 9.21 Å². The Bertz CT molecular complexity index is 871. The molecule has 0 aliphatic heterocycles. The summed E-state index contributed by atoms with van der Waals surface area (Å²) >= 11 is 1.22. The molecule has 3 aromatic rings. The molecular weight excluding hydrogens is 350 g/mol. The standard InChI is InChI=1S/C18H19N5O2S/c24-16(20-15-10-11-19-23(15)14-8-4-5-9-14)12-26-18-22-21-17(25-18)13-6-2-1-3-7-13/h1-3,6-7,10-11,14H,4-5,8-9,12H2,(H,20,24). The third-order valence-corrected chi connectivity index (χ3v) is 5.18. The molecule has 1 aliphatic carbocycles. The highest BCUT2D eigenvalue weighted by Gasteiger charge is 2.20. The Morgan fingerprint density at radius 2 is 2.00 bits per heavy atom. The van der Waals surface area contributed by atoms with Crippen molar-refractivity contribution in [1.29, 1.82) is 0 Å². The molecule has 1 fully saturated rings. The molecule has 2 aromatic heterocycles. The van der Waals surface area contributed by atoms with E-state index in [1.54, 1.807) is 6.20 Å². The van der Waals surface area contributed by atoms with Crippen LogP contribution in [0.5, 0.6) is 0 Å². The van der Waals surface area contributed by atoms with Gasteiger partial charge in [-0.15, -0.1) is 10.2 Å². The normalized spacial score (nSPS) is 14.6. The lowest BCUT2D eigenvalue weighted by Gasteiger charge is -2.14. The van der Waals surface area contributed by atoms with E-state index in [1.165, 1.54) is 24.6 Å². The molecule has 4 rings (SSSR count). The second-order valence-electron chi connectivity index (χ2n) is 6.18. The van der Waals surface area contributed by atoms with Crippen LogP contribution < -0.4 is 5.32 Å². The number of benzene rings is 1. The second kappa shape index (κ2) is 7.74. The maximum Gasteiger partial charge on any atom is 0.277 e. The molecule has 0 unspecified atom stereocenters. The van der Waals surface area contributed by atoms with Crippen molar-refractivity contribution in [2.75, 3.05) is 11.1 Å². The van der Waals surface area contributed by atoms with E-state index in [4.69, 9.17) is 4.42 Å². The number of hydrogen-bond acceptors (Lipinski definition) is 6. The third kappa shape index (κ3) is 3.80. The van der Waals surface area contributed by atoms with Gasteiger partial charge in [-0.1, -0.05) is 42.8 Å². The van der Waals surface area contributed by atoms with E-state index in [9.17, 15) is 4.79 Å². The molecular formula is C18H19N5O2S. The van der Waals surface area contributed by atoms with Gasteiger partial charge in [-0.3, -0.25) is 4.79 Å². The van der Waals surface area contributed by atoms with Crippen LogP contribution in [0.4, 0.5) is 5.82 Å². The van der Waals surface area contributed by atoms with Crippen LogP contribution in [-0.4, -0.2) is 31.6 Å². The summed E-state index contributed by atoms with van der Waals surface area (Å²) in [6.45, 7) is 0. The van der Waals surface area contributed by atoms with Gasteiger partial charge in [0.05, 0.1) is 18.0 Å². The average molecular weight is 369 g/mol. The molecule has 0 bridgehead atoms. The molecule has 7 nitrogen and oxygen atoms in total. The first-order valence-corrected chi connectivity index (χ1v) is 9.63. The number of amides is 1. The van der Waals surface area contributed by atoms with Gasteiger partial charge in [0.25, 0.3) is 5.22 Å². The van der Waals surface area contributed by atoms with E-state index in [0.717, 1.165) is 24.2 Å². The van der Waals surface area contributed by atoms with Crippen LogP contribution >= 0.6 is 11.8 Å². The summed E-state index contributed by atoms with van der Waals surface area (Å²) in [7, 11) is 0. The number of thioether (sulfide) groups is 1. The van der Waals surface area contributed by atoms with E-state index in [1.807, 2.05) is 41.1 Å². The fourth-order valence-electron chi connectivity index (χ4n) is 3.12. The quantitative estimate of drug-likeness (QED) is 0.666. The van der Waals surface area contributed by atoms with Crippen LogP contribution in [0.25, 0.3) is 11.5 Å². The summed E-state index contributed by atoms with van der Waals surface area (Å²) in [4.78, 5) is 12.3. The van der Waals surface area contributed by atoms with Gasteiger partial charge in [0, 0.05) is 11.6 Å². The van der Waals surface area contributed by atoms with E-state index in [0.29, 0.717) is 17.2 Å². The van der Waals surface area contributed by atoms with E-state index >= 15 is 0 Å². The van der Waals surface area contributed by atoms with Crippen LogP contribution in [0.3, 0.4) is 0 Å². The zero-order valence-corrected chi connectivity index (χ0v) is 15.0. The van der Waals surface area contributed by atoms with E-state index < -0.39 is 0 Å². The molecule has 1 N–H and O–H groups in total. The Kier molecular flexibility index (Phi) is 5.01. The van der Waals surface area contributed by atoms with Gasteiger partial charge < -0.3 is 9.73 Å². The number of aromatic nitrogens is 4. The molecule has 0 atom stereocenters. The number of hydrogen-bond donors (Lipinski definition) is 1. The predicted molar refractivity (Wildman–Crippen MR) is 98.8 cm³/mol. The topological polar surface area (TPSA) is 85.8 Å². The van der Waals surface area contributed by atoms with Gasteiger partial charge in [0.1, 0.15) is 5.82 Å². The molecule has 0 saturated heterocycles. The van der Waals surface area contributed by atoms with Crippen molar-refractivity contribution in [2.24, 2.45) is 0 Å². The van der Waals surface area contributed by atoms with Crippen molar-refractivity contribution in [3.8, 4) is 11.5 Å². The number of carbonyl (C=O) groups excluding carboxylic acids is 1. The zero-order chi connectivity index (χ0) is 17.8. The lowest BCUT2D eigenvalue weighted by Crippen LogP contribution is -2.19. The first kappa shape index (κ1) is 16.8. The maximum atomic E-state index is 12.3. The molecule has 0 spiro atoms. The molecule has 0 radical (unpaired) electrons. The highest BCUT2D eigenvalue weighted by Crippen LogP contribution is 2.31. The fraction of sp³-hybridized carbons (Fsp3) is 0.333. The minimum absolute atomic E-state index is 0.116. The lowest BCUT2D eigenvalue weighted by atomic mass is 10.2. The summed E-state index contributed by atoms with van der Waals surface area (Å²) in [6.07, 6.45) is 6.39. The summed E-state index contributed by atoms with van der Waals surface area (Å²) in [5, 5.41) is 15.7. The Balaban J connectivity index is 1.34. The van der Waals surface area contributed by atoms with E-state index in [-0.39, 0.29) is 11.7 Å². The summed E-state index contributed by atoms with van der Waals surface area (Å²) in [5.41, 5.74) is 0.858. The summed E-state index contributed by atoms with van der Waals surface area (Å²) < 4.78 is 7.53. The Labute approximate surface area is 155 Å². The van der Waals surface area contributed by atoms with Crippen LogP contribution in [0, 0.1) is 0 Å². The van der Waals surface area contributed by atoms with E-state index in [2.05, 4.69) is 20.6 Å². The molecule has 26 heavy (non-hydrogen) atoms. The average Bonchev–Trinajstić information content (AvgIpc) is 3.42. The number of rotatable bonds is 6. The molecule has 1 aliphatic rings. The first-order chi connectivity index (χ1) is 12.8. The Hall–Kier alpha value is -2.61. The molecule has 1 saturated carbocycles. The Morgan fingerprint density at radius 3 is 2.81 bits per heavy atom. The maximum absolute atomic E-state index is 12.3. The van der Waals surface area contributed by atoms with Crippen molar-refractivity contribution in [1.82, 2.24) is 20.0 Å². The monoisotopic (exact) mass is 369 g/mol. The summed E-state index contributed by atoms with van der Waals surface area (Å²) in [6, 6.07) is 11.8. The van der Waals surface area contributed by atoms with Crippen LogP contribution in [-0.2, 0) is 4.79 Å². The number of nitrogens with one attached hydrogen (secondary N) is 1. The SMILES string of the molecule is O=C(CSc1nnc(-c2ccccc2)o1)Nc1ccnn1C1CCCC1. The highest BCUT2D eigenvalue weighted by atomic mass is 32.2. The largest absolute Gasteiger partial charge is 0.411 e. The fourth-order valence-corrected chi connectivity index (χ4v) is 3.69. The molecule has 1 aromatic carbocycles. The zero-order valence-electron chi connectivity index (χ0n) is 14.2. The third-order valence-electron chi connectivity index (χ3n) is 4.36. The first-order valence-electron chi connectivity index (χ1n) is 8.65. The van der Waals surface area contributed by atoms with Crippen molar-refractivity contribution in [3.63, 3.8) is 0 Å². The summed E-state index contributed by atoms with van der Waals surface area (Å²) in [5.74, 6) is 1.28. The van der Waals surface area contributed by atoms with Crippen LogP contribution in [0.1, 0.15) is 31.7 Å². The lowest BCUT2D eigenvalue weighted by molar-refractivity contribution is -0.113. The second-order valence-corrected chi connectivity index (χ2v) is 7.10. The molecule has 1 amide bonds. The van der Waals surface area contributed by atoms with Gasteiger partial charge in [-0.2, -0.15) is 5.10 Å². The predicted octanol–water partition coefficient (Wildman–Crippen LogP) is 3.78. The van der Waals surface area contributed by atoms with Gasteiger partial charge in [-0.05, 0) is 25.0 Å². The van der Waals surface area contributed by atoms with Crippen LogP contribution in [0.15, 0.2) is 52.2 Å². The van der Waals surface area contributed by atoms with Crippen LogP contribution in [0.2, 0.25) is 0 Å². The minimum Gasteiger partial charge on any atom is -0.411 e. The number of carbonyl (C=O) groups is 1. The van der Waals surface area contributed by atoms with Gasteiger partial charge in [0.2, 0.25) is 11.8 Å². The Morgan fingerprint density at radius 1 is 1.19 bits per heavy atom. The van der Waals surface area contributed by atoms with Gasteiger partial charge >= 0.3 is 0 Å². The number of nitrogens with zero attached hydrogens (tertiary/aromatic N) is 4. The van der Waals surface area contributed by atoms with Crippen molar-refractivity contribution >= 4 is 23.5 Å². The van der Waals surface area contributed by atoms with Gasteiger partial charge in [-0.25, -0.2) is 4.68 Å². The molecule has 2 heterocycles. The smallest absolute Gasteiger partial charge is 0.277 e. The minimum atomic E-state index is -0.116. The number of anilines is 1. The highest BCUT2D eigenvalue weighted by molar-refractivity contribution is 7.99. The van der Waals surface area contributed by atoms with Gasteiger partial charge in [0.15, 0.2) is 0 Å². The molecule has 8 heteroatoms. The molecule has 134 valence electrons.